The van der Waals surface area contributed by atoms with E-state index in [0.717, 1.165) is 5.56 Å². The first kappa shape index (κ1) is 15.6. The van der Waals surface area contributed by atoms with E-state index in [-0.39, 0.29) is 11.5 Å². The number of aliphatic carboxylic acids is 1. The molecule has 1 heterocycles. The van der Waals surface area contributed by atoms with Crippen LogP contribution in [0.15, 0.2) is 30.3 Å². The quantitative estimate of drug-likeness (QED) is 0.646. The highest BCUT2D eigenvalue weighted by molar-refractivity contribution is 6.02. The van der Waals surface area contributed by atoms with Gasteiger partial charge in [-0.15, -0.1) is 0 Å². The predicted octanol–water partition coefficient (Wildman–Crippen LogP) is 1.64. The molecular formula is C15H18N4O3. The van der Waals surface area contributed by atoms with Crippen molar-refractivity contribution in [2.75, 3.05) is 5.73 Å². The van der Waals surface area contributed by atoms with Gasteiger partial charge in [0, 0.05) is 0 Å². The number of H-pyrrole nitrogens is 1. The number of carbonyl (C=O) groups is 2. The van der Waals surface area contributed by atoms with Crippen LogP contribution in [-0.2, 0) is 4.79 Å². The third-order valence-electron chi connectivity index (χ3n) is 3.26. The minimum atomic E-state index is -1.07. The van der Waals surface area contributed by atoms with E-state index in [2.05, 4.69) is 15.5 Å². The molecule has 116 valence electrons. The first-order chi connectivity index (χ1) is 10.5. The van der Waals surface area contributed by atoms with Crippen molar-refractivity contribution in [2.24, 2.45) is 0 Å². The molecule has 2 aromatic rings. The molecule has 7 nitrogen and oxygen atoms in total. The van der Waals surface area contributed by atoms with Crippen molar-refractivity contribution >= 4 is 17.7 Å². The molecule has 0 unspecified atom stereocenters. The van der Waals surface area contributed by atoms with Gasteiger partial charge in [0.2, 0.25) is 0 Å². The molecule has 7 heteroatoms. The van der Waals surface area contributed by atoms with Gasteiger partial charge >= 0.3 is 5.97 Å². The lowest BCUT2D eigenvalue weighted by Gasteiger charge is -2.13. The summed E-state index contributed by atoms with van der Waals surface area (Å²) >= 11 is 0. The number of nitrogens with two attached hydrogens (primary N) is 1. The first-order valence-electron chi connectivity index (χ1n) is 6.97. The number of hydrogen-bond donors (Lipinski definition) is 4. The van der Waals surface area contributed by atoms with Crippen molar-refractivity contribution in [3.8, 4) is 11.1 Å². The maximum atomic E-state index is 12.3. The van der Waals surface area contributed by atoms with Gasteiger partial charge in [-0.2, -0.15) is 5.10 Å². The number of amides is 1. The summed E-state index contributed by atoms with van der Waals surface area (Å²) in [5.74, 6) is -1.41. The van der Waals surface area contributed by atoms with Crippen molar-refractivity contribution in [1.82, 2.24) is 15.5 Å². The molecule has 0 saturated carbocycles. The van der Waals surface area contributed by atoms with Crippen LogP contribution < -0.4 is 11.1 Å². The summed E-state index contributed by atoms with van der Waals surface area (Å²) < 4.78 is 0. The Morgan fingerprint density at radius 3 is 2.64 bits per heavy atom. The lowest BCUT2D eigenvalue weighted by atomic mass is 10.0. The Kier molecular flexibility index (Phi) is 4.77. The van der Waals surface area contributed by atoms with Crippen LogP contribution >= 0.6 is 0 Å². The average molecular weight is 302 g/mol. The summed E-state index contributed by atoms with van der Waals surface area (Å²) in [6.45, 7) is 1.85. The van der Waals surface area contributed by atoms with Crippen molar-refractivity contribution < 1.29 is 14.7 Å². The minimum absolute atomic E-state index is 0.158. The second kappa shape index (κ2) is 6.75. The van der Waals surface area contributed by atoms with Crippen molar-refractivity contribution in [3.05, 3.63) is 36.0 Å². The van der Waals surface area contributed by atoms with Crippen molar-refractivity contribution in [1.29, 1.82) is 0 Å². The number of carboxylic acid groups (broad SMARTS) is 1. The van der Waals surface area contributed by atoms with E-state index >= 15 is 0 Å². The number of carbonyl (C=O) groups excluding carboxylic acids is 1. The van der Waals surface area contributed by atoms with Gasteiger partial charge < -0.3 is 16.2 Å². The van der Waals surface area contributed by atoms with Gasteiger partial charge in [0.05, 0.1) is 5.56 Å². The minimum Gasteiger partial charge on any atom is -0.480 e. The number of aromatic amines is 1. The largest absolute Gasteiger partial charge is 0.480 e. The maximum absolute atomic E-state index is 12.3. The number of carboxylic acids is 1. The van der Waals surface area contributed by atoms with Crippen LogP contribution in [0.4, 0.5) is 5.82 Å². The SMILES string of the molecule is CCC[C@H](NC(=O)c1[nH]nc(N)c1-c1ccccc1)C(=O)O. The Morgan fingerprint density at radius 2 is 2.05 bits per heavy atom. The highest BCUT2D eigenvalue weighted by atomic mass is 16.4. The molecule has 1 aromatic heterocycles. The van der Waals surface area contributed by atoms with E-state index in [0.29, 0.717) is 18.4 Å². The fraction of sp³-hybridized carbons (Fsp3) is 0.267. The molecule has 0 spiro atoms. The molecule has 0 saturated heterocycles. The molecule has 1 amide bonds. The number of nitrogens with one attached hydrogen (secondary N) is 2. The van der Waals surface area contributed by atoms with Crippen LogP contribution in [0.3, 0.4) is 0 Å². The number of nitrogen functional groups attached to an aromatic ring is 1. The standard InChI is InChI=1S/C15H18N4O3/c1-2-6-10(15(21)22)17-14(20)12-11(13(16)19-18-12)9-7-4-3-5-8-9/h3-5,7-8,10H,2,6H2,1H3,(H,17,20)(H,21,22)(H3,16,18,19)/t10-/m0/s1. The second-order valence-electron chi connectivity index (χ2n) is 4.88. The molecule has 0 bridgehead atoms. The molecule has 0 aliphatic rings. The topological polar surface area (TPSA) is 121 Å². The van der Waals surface area contributed by atoms with Gasteiger partial charge in [0.15, 0.2) is 5.82 Å². The molecule has 5 N–H and O–H groups in total. The Labute approximate surface area is 127 Å². The van der Waals surface area contributed by atoms with E-state index in [1.54, 1.807) is 12.1 Å². The van der Waals surface area contributed by atoms with E-state index in [1.165, 1.54) is 0 Å². The van der Waals surface area contributed by atoms with Gasteiger partial charge in [-0.25, -0.2) is 4.79 Å². The van der Waals surface area contributed by atoms with Gasteiger partial charge in [-0.1, -0.05) is 43.7 Å². The molecule has 0 radical (unpaired) electrons. The smallest absolute Gasteiger partial charge is 0.326 e. The summed E-state index contributed by atoms with van der Waals surface area (Å²) in [6, 6.07) is 8.16. The van der Waals surface area contributed by atoms with E-state index in [9.17, 15) is 9.59 Å². The third kappa shape index (κ3) is 3.25. The van der Waals surface area contributed by atoms with Crippen molar-refractivity contribution in [3.63, 3.8) is 0 Å². The van der Waals surface area contributed by atoms with Crippen LogP contribution in [0.1, 0.15) is 30.3 Å². The number of nitrogens with zero attached hydrogens (tertiary/aromatic N) is 1. The predicted molar refractivity (Wildman–Crippen MR) is 82.2 cm³/mol. The lowest BCUT2D eigenvalue weighted by molar-refractivity contribution is -0.139. The molecule has 1 aromatic carbocycles. The van der Waals surface area contributed by atoms with Crippen molar-refractivity contribution in [2.45, 2.75) is 25.8 Å². The van der Waals surface area contributed by atoms with E-state index < -0.39 is 17.9 Å². The molecule has 0 aliphatic carbocycles. The van der Waals surface area contributed by atoms with Crippen LogP contribution in [0.25, 0.3) is 11.1 Å². The normalized spacial score (nSPS) is 11.9. The zero-order chi connectivity index (χ0) is 16.1. The lowest BCUT2D eigenvalue weighted by Crippen LogP contribution is -2.41. The fourth-order valence-corrected chi connectivity index (χ4v) is 2.19. The molecule has 0 fully saturated rings. The van der Waals surface area contributed by atoms with Gasteiger partial charge in [0.25, 0.3) is 5.91 Å². The Balaban J connectivity index is 2.30. The highest BCUT2D eigenvalue weighted by Crippen LogP contribution is 2.27. The number of benzene rings is 1. The van der Waals surface area contributed by atoms with Crippen LogP contribution in [0, 0.1) is 0 Å². The van der Waals surface area contributed by atoms with E-state index in [1.807, 2.05) is 25.1 Å². The summed E-state index contributed by atoms with van der Waals surface area (Å²) in [5.41, 5.74) is 7.19. The number of hydrogen-bond acceptors (Lipinski definition) is 4. The average Bonchev–Trinajstić information content (AvgIpc) is 2.89. The monoisotopic (exact) mass is 302 g/mol. The van der Waals surface area contributed by atoms with E-state index in [4.69, 9.17) is 10.8 Å². The number of aromatic nitrogens is 2. The van der Waals surface area contributed by atoms with Gasteiger partial charge in [-0.05, 0) is 12.0 Å². The molecule has 0 aliphatic heterocycles. The summed E-state index contributed by atoms with van der Waals surface area (Å²) in [4.78, 5) is 23.5. The Hall–Kier alpha value is -2.83. The summed E-state index contributed by atoms with van der Waals surface area (Å²) in [6.07, 6.45) is 0.999. The zero-order valence-electron chi connectivity index (χ0n) is 12.2. The molecular weight excluding hydrogens is 284 g/mol. The maximum Gasteiger partial charge on any atom is 0.326 e. The highest BCUT2D eigenvalue weighted by Gasteiger charge is 2.24. The summed E-state index contributed by atoms with van der Waals surface area (Å²) in [5, 5.41) is 18.1. The van der Waals surface area contributed by atoms with Crippen LogP contribution in [0.5, 0.6) is 0 Å². The summed E-state index contributed by atoms with van der Waals surface area (Å²) in [7, 11) is 0. The van der Waals surface area contributed by atoms with Gasteiger partial charge in [0.1, 0.15) is 11.7 Å². The number of anilines is 1. The first-order valence-corrected chi connectivity index (χ1v) is 6.97. The van der Waals surface area contributed by atoms with Crippen LogP contribution in [0.2, 0.25) is 0 Å². The zero-order valence-corrected chi connectivity index (χ0v) is 12.2. The van der Waals surface area contributed by atoms with Crippen LogP contribution in [-0.4, -0.2) is 33.2 Å². The molecule has 1 atom stereocenters. The Morgan fingerprint density at radius 1 is 1.36 bits per heavy atom. The third-order valence-corrected chi connectivity index (χ3v) is 3.26. The van der Waals surface area contributed by atoms with Gasteiger partial charge in [-0.3, -0.25) is 9.89 Å². The molecule has 22 heavy (non-hydrogen) atoms. The number of rotatable bonds is 6. The Bertz CT molecular complexity index is 667. The second-order valence-corrected chi connectivity index (χ2v) is 4.88. The fourth-order valence-electron chi connectivity index (χ4n) is 2.19. The molecule has 2 rings (SSSR count).